The minimum absolute atomic E-state index is 0. The summed E-state index contributed by atoms with van der Waals surface area (Å²) in [4.78, 5) is 17.0. The molecule has 2 heterocycles. The molecule has 3 rings (SSSR count). The second-order valence-corrected chi connectivity index (χ2v) is 5.06. The van der Waals surface area contributed by atoms with Crippen molar-refractivity contribution in [1.82, 2.24) is 4.98 Å². The zero-order valence-electron chi connectivity index (χ0n) is 10.6. The van der Waals surface area contributed by atoms with Gasteiger partial charge in [0.1, 0.15) is 0 Å². The Kier molecular flexibility index (Phi) is 3.99. The van der Waals surface area contributed by atoms with Crippen LogP contribution < -0.4 is 28.9 Å². The molecular formula is C13H15LiN2O2. The van der Waals surface area contributed by atoms with Crippen LogP contribution in [0.5, 0.6) is 0 Å². The van der Waals surface area contributed by atoms with E-state index in [0.29, 0.717) is 5.92 Å². The molecule has 18 heavy (non-hydrogen) atoms. The Balaban J connectivity index is 0.00000120. The molecular weight excluding hydrogens is 223 g/mol. The molecule has 0 spiro atoms. The first kappa shape index (κ1) is 13.4. The van der Waals surface area contributed by atoms with Crippen molar-refractivity contribution in [2.75, 3.05) is 18.0 Å². The van der Waals surface area contributed by atoms with Crippen molar-refractivity contribution in [2.45, 2.75) is 25.2 Å². The summed E-state index contributed by atoms with van der Waals surface area (Å²) in [6.45, 7) is 1.64. The predicted molar refractivity (Wildman–Crippen MR) is 61.5 cm³/mol. The van der Waals surface area contributed by atoms with Crippen molar-refractivity contribution >= 4 is 11.7 Å². The van der Waals surface area contributed by atoms with Crippen molar-refractivity contribution in [3.8, 4) is 0 Å². The van der Waals surface area contributed by atoms with Crippen LogP contribution in [-0.4, -0.2) is 24.0 Å². The van der Waals surface area contributed by atoms with E-state index in [1.165, 1.54) is 24.2 Å². The zero-order chi connectivity index (χ0) is 11.8. The largest absolute Gasteiger partial charge is 1.00 e. The molecule has 90 valence electrons. The van der Waals surface area contributed by atoms with Gasteiger partial charge in [0.05, 0.1) is 0 Å². The molecule has 4 nitrogen and oxygen atoms in total. The number of aliphatic carboxylic acids is 1. The van der Waals surface area contributed by atoms with Gasteiger partial charge in [0.25, 0.3) is 0 Å². The van der Waals surface area contributed by atoms with Gasteiger partial charge in [-0.15, -0.1) is 0 Å². The first-order valence-electron chi connectivity index (χ1n) is 6.13. The fourth-order valence-corrected chi connectivity index (χ4v) is 2.38. The van der Waals surface area contributed by atoms with Gasteiger partial charge in [-0.1, -0.05) is 0 Å². The van der Waals surface area contributed by atoms with E-state index in [1.807, 2.05) is 12.3 Å². The number of rotatable bonds is 4. The number of hydrogen-bond acceptors (Lipinski definition) is 4. The third-order valence-corrected chi connectivity index (χ3v) is 3.54. The molecule has 0 N–H and O–H groups in total. The predicted octanol–water partition coefficient (Wildman–Crippen LogP) is -2.46. The number of carboxylic acid groups (broad SMARTS) is 1. The van der Waals surface area contributed by atoms with Crippen LogP contribution in [0.25, 0.3) is 0 Å². The summed E-state index contributed by atoms with van der Waals surface area (Å²) in [6.07, 6.45) is 4.54. The quantitative estimate of drug-likeness (QED) is 0.546. The Morgan fingerprint density at radius 3 is 2.78 bits per heavy atom. The Morgan fingerprint density at radius 1 is 1.44 bits per heavy atom. The summed E-state index contributed by atoms with van der Waals surface area (Å²) in [6, 6.07) is 4.15. The van der Waals surface area contributed by atoms with Gasteiger partial charge >= 0.3 is 18.9 Å². The summed E-state index contributed by atoms with van der Waals surface area (Å²) >= 11 is 0. The number of hydrogen-bond donors (Lipinski definition) is 0. The Hall–Kier alpha value is -0.983. The molecule has 2 fully saturated rings. The summed E-state index contributed by atoms with van der Waals surface area (Å²) < 4.78 is 0. The fourth-order valence-electron chi connectivity index (χ4n) is 2.38. The van der Waals surface area contributed by atoms with E-state index in [4.69, 9.17) is 0 Å². The maximum absolute atomic E-state index is 10.5. The summed E-state index contributed by atoms with van der Waals surface area (Å²) in [5.41, 5.74) is 2.36. The monoisotopic (exact) mass is 238 g/mol. The minimum atomic E-state index is -0.942. The van der Waals surface area contributed by atoms with Gasteiger partial charge in [0.2, 0.25) is 0 Å². The molecule has 0 radical (unpaired) electrons. The molecule has 0 bridgehead atoms. The van der Waals surface area contributed by atoms with Crippen LogP contribution in [0.3, 0.4) is 0 Å². The number of carboxylic acids is 1. The minimum Gasteiger partial charge on any atom is -0.550 e. The van der Waals surface area contributed by atoms with Crippen LogP contribution in [0.1, 0.15) is 30.9 Å². The van der Waals surface area contributed by atoms with E-state index in [1.54, 1.807) is 0 Å². The molecule has 1 saturated heterocycles. The van der Waals surface area contributed by atoms with E-state index >= 15 is 0 Å². The zero-order valence-corrected chi connectivity index (χ0v) is 10.6. The van der Waals surface area contributed by atoms with Gasteiger partial charge in [-0.2, -0.15) is 0 Å². The Morgan fingerprint density at radius 2 is 2.17 bits per heavy atom. The first-order valence-corrected chi connectivity index (χ1v) is 6.13. The van der Waals surface area contributed by atoms with Crippen molar-refractivity contribution in [1.29, 1.82) is 0 Å². The van der Waals surface area contributed by atoms with Crippen LogP contribution in [0.4, 0.5) is 5.69 Å². The van der Waals surface area contributed by atoms with Crippen LogP contribution in [0.15, 0.2) is 18.3 Å². The van der Waals surface area contributed by atoms with Crippen LogP contribution in [0.2, 0.25) is 0 Å². The molecule has 0 atom stereocenters. The summed E-state index contributed by atoms with van der Waals surface area (Å²) in [5, 5.41) is 10.5. The third-order valence-electron chi connectivity index (χ3n) is 3.54. The van der Waals surface area contributed by atoms with Gasteiger partial charge in [-0.05, 0) is 37.3 Å². The standard InChI is InChI=1S/C13H16N2O2.Li/c16-13(17)5-9-7-15(8-9)11-3-4-14-12(6-11)10-1-2-10;/h3-4,6,9-10H,1-2,5,7-8H2,(H,16,17);/q;+1/p-1. The molecule has 1 saturated carbocycles. The van der Waals surface area contributed by atoms with Gasteiger partial charge < -0.3 is 14.8 Å². The Bertz CT molecular complexity index is 442. The molecule has 0 aromatic carbocycles. The number of aromatic nitrogens is 1. The topological polar surface area (TPSA) is 56.3 Å². The van der Waals surface area contributed by atoms with Gasteiger partial charge in [0.15, 0.2) is 0 Å². The van der Waals surface area contributed by atoms with Crippen molar-refractivity contribution < 1.29 is 28.8 Å². The first-order chi connectivity index (χ1) is 8.22. The van der Waals surface area contributed by atoms with E-state index in [2.05, 4.69) is 16.0 Å². The van der Waals surface area contributed by atoms with E-state index in [0.717, 1.165) is 13.1 Å². The smallest absolute Gasteiger partial charge is 0.550 e. The number of carbonyl (C=O) groups is 1. The maximum atomic E-state index is 10.5. The van der Waals surface area contributed by atoms with E-state index in [-0.39, 0.29) is 31.2 Å². The molecule has 0 amide bonds. The second kappa shape index (κ2) is 5.34. The molecule has 2 aliphatic rings. The summed E-state index contributed by atoms with van der Waals surface area (Å²) in [5.74, 6) is -0.0316. The van der Waals surface area contributed by atoms with Gasteiger partial charge in [0, 0.05) is 42.6 Å². The van der Waals surface area contributed by atoms with Gasteiger partial charge in [-0.3, -0.25) is 4.98 Å². The maximum Gasteiger partial charge on any atom is 1.00 e. The number of carbonyl (C=O) groups excluding carboxylic acids is 1. The molecule has 1 aliphatic heterocycles. The molecule has 1 aromatic rings. The fraction of sp³-hybridized carbons (Fsp3) is 0.538. The van der Waals surface area contributed by atoms with Crippen molar-refractivity contribution in [2.24, 2.45) is 5.92 Å². The molecule has 1 aliphatic carbocycles. The molecule has 1 aromatic heterocycles. The third kappa shape index (κ3) is 2.88. The number of nitrogens with zero attached hydrogens (tertiary/aromatic N) is 2. The van der Waals surface area contributed by atoms with Crippen molar-refractivity contribution in [3.63, 3.8) is 0 Å². The van der Waals surface area contributed by atoms with E-state index in [9.17, 15) is 9.90 Å². The molecule has 0 unspecified atom stereocenters. The van der Waals surface area contributed by atoms with Crippen molar-refractivity contribution in [3.05, 3.63) is 24.0 Å². The van der Waals surface area contributed by atoms with Crippen LogP contribution in [-0.2, 0) is 4.79 Å². The summed E-state index contributed by atoms with van der Waals surface area (Å²) in [7, 11) is 0. The molecule has 5 heteroatoms. The normalized spacial score (nSPS) is 19.0. The average molecular weight is 238 g/mol. The van der Waals surface area contributed by atoms with Crippen LogP contribution >= 0.6 is 0 Å². The SMILES string of the molecule is O=C([O-])CC1CN(c2ccnc(C3CC3)c2)C1.[Li+]. The number of pyridine rings is 1. The van der Waals surface area contributed by atoms with E-state index < -0.39 is 5.97 Å². The number of anilines is 1. The Labute approximate surface area is 119 Å². The second-order valence-electron chi connectivity index (χ2n) is 5.06. The van der Waals surface area contributed by atoms with Gasteiger partial charge in [-0.25, -0.2) is 0 Å². The van der Waals surface area contributed by atoms with Crippen LogP contribution in [0, 0.1) is 5.92 Å². The average Bonchev–Trinajstić information content (AvgIpc) is 3.06.